The van der Waals surface area contributed by atoms with Crippen LogP contribution in [0.15, 0.2) is 23.7 Å². The molecule has 0 saturated carbocycles. The summed E-state index contributed by atoms with van der Waals surface area (Å²) in [5, 5.41) is 7.96. The van der Waals surface area contributed by atoms with Crippen molar-refractivity contribution in [1.82, 2.24) is 15.0 Å². The Morgan fingerprint density at radius 2 is 2.11 bits per heavy atom. The molecule has 3 rings (SSSR count). The van der Waals surface area contributed by atoms with Crippen molar-refractivity contribution in [2.75, 3.05) is 18.4 Å². The minimum atomic E-state index is -0.663. The number of ether oxygens (including phenoxy) is 1. The van der Waals surface area contributed by atoms with E-state index in [1.807, 2.05) is 26.2 Å². The van der Waals surface area contributed by atoms with Crippen molar-refractivity contribution in [3.05, 3.63) is 40.4 Å². The highest BCUT2D eigenvalue weighted by atomic mass is 32.1. The Bertz CT molecular complexity index is 783. The fourth-order valence-corrected chi connectivity index (χ4v) is 3.82. The minimum absolute atomic E-state index is 0.352. The lowest BCUT2D eigenvalue weighted by Gasteiger charge is -2.30. The Balaban J connectivity index is 1.45. The minimum Gasteiger partial charge on any atom is -0.427 e. The fourth-order valence-electron chi connectivity index (χ4n) is 2.83. The van der Waals surface area contributed by atoms with E-state index < -0.39 is 17.7 Å². The van der Waals surface area contributed by atoms with Crippen molar-refractivity contribution in [2.24, 2.45) is 0 Å². The highest BCUT2D eigenvalue weighted by Gasteiger charge is 2.27. The number of hydrogen-bond donors (Lipinski definition) is 1. The summed E-state index contributed by atoms with van der Waals surface area (Å²) in [6.07, 6.45) is 2.53. The van der Waals surface area contributed by atoms with Crippen LogP contribution in [0, 0.1) is 5.95 Å². The smallest absolute Gasteiger partial charge is 0.427 e. The van der Waals surface area contributed by atoms with Crippen LogP contribution in [0.25, 0.3) is 0 Å². The number of thiazole rings is 1. The summed E-state index contributed by atoms with van der Waals surface area (Å²) in [7, 11) is 0. The van der Waals surface area contributed by atoms with Crippen LogP contribution in [-0.2, 0) is 16.1 Å². The molecule has 2 aromatic heterocycles. The summed E-state index contributed by atoms with van der Waals surface area (Å²) >= 11 is 1.64. The van der Waals surface area contributed by atoms with Gasteiger partial charge in [0.25, 0.3) is 0 Å². The average Bonchev–Trinajstić information content (AvgIpc) is 3.09. The van der Waals surface area contributed by atoms with Crippen LogP contribution in [0.3, 0.4) is 0 Å². The van der Waals surface area contributed by atoms with Crippen LogP contribution in [-0.4, -0.2) is 39.9 Å². The van der Waals surface area contributed by atoms with E-state index in [0.717, 1.165) is 29.2 Å². The van der Waals surface area contributed by atoms with Crippen molar-refractivity contribution in [3.8, 4) is 0 Å². The molecule has 1 N–H and O–H groups in total. The van der Waals surface area contributed by atoms with Gasteiger partial charge in [-0.15, -0.1) is 16.4 Å². The first-order valence-electron chi connectivity index (χ1n) is 9.24. The predicted octanol–water partition coefficient (Wildman–Crippen LogP) is 4.34. The Kier molecular flexibility index (Phi) is 6.46. The number of hydrogen-bond acceptors (Lipinski definition) is 8. The van der Waals surface area contributed by atoms with Crippen LogP contribution in [0.1, 0.15) is 50.2 Å². The van der Waals surface area contributed by atoms with E-state index in [4.69, 9.17) is 14.6 Å². The van der Waals surface area contributed by atoms with Gasteiger partial charge in [0.05, 0.1) is 29.1 Å². The monoisotopic (exact) mass is 408 g/mol. The Morgan fingerprint density at radius 1 is 1.36 bits per heavy atom. The summed E-state index contributed by atoms with van der Waals surface area (Å²) in [5.74, 6) is -0.145. The second-order valence-corrected chi connectivity index (χ2v) is 8.55. The van der Waals surface area contributed by atoms with Gasteiger partial charge in [-0.2, -0.15) is 4.39 Å². The lowest BCUT2D eigenvalue weighted by atomic mass is 9.99. The van der Waals surface area contributed by atoms with Gasteiger partial charge in [0.1, 0.15) is 5.60 Å². The fraction of sp³-hybridized carbons (Fsp3) is 0.526. The van der Waals surface area contributed by atoms with Crippen molar-refractivity contribution >= 4 is 23.2 Å². The van der Waals surface area contributed by atoms with E-state index in [2.05, 4.69) is 10.3 Å². The molecular weight excluding hydrogens is 383 g/mol. The number of pyridine rings is 1. The predicted molar refractivity (Wildman–Crippen MR) is 105 cm³/mol. The van der Waals surface area contributed by atoms with Gasteiger partial charge in [0.2, 0.25) is 5.95 Å². The summed E-state index contributed by atoms with van der Waals surface area (Å²) in [4.78, 5) is 25.4. The molecule has 1 aliphatic rings. The number of carbonyl (C=O) groups is 1. The molecule has 9 heteroatoms. The summed E-state index contributed by atoms with van der Waals surface area (Å²) in [5.41, 5.74) is 1.13. The standard InChI is InChI=1S/C19H25FN4O3S/c1-19(2,3)26-18(25)27-24-8-6-13(7-9-24)17-23-15(12-28-17)11-21-14-4-5-16(20)22-10-14/h4-5,10,12-13,21H,6-9,11H2,1-3H3. The van der Waals surface area contributed by atoms with Gasteiger partial charge in [0.15, 0.2) is 0 Å². The zero-order valence-electron chi connectivity index (χ0n) is 16.3. The first-order chi connectivity index (χ1) is 13.3. The highest BCUT2D eigenvalue weighted by molar-refractivity contribution is 7.09. The number of hydroxylamine groups is 2. The first kappa shape index (κ1) is 20.5. The molecule has 0 aliphatic carbocycles. The Labute approximate surface area is 167 Å². The van der Waals surface area contributed by atoms with Gasteiger partial charge in [-0.1, -0.05) is 0 Å². The van der Waals surface area contributed by atoms with Crippen LogP contribution in [0.2, 0.25) is 0 Å². The molecule has 0 bridgehead atoms. The molecule has 0 amide bonds. The van der Waals surface area contributed by atoms with Gasteiger partial charge in [-0.25, -0.2) is 14.8 Å². The van der Waals surface area contributed by atoms with Gasteiger partial charge < -0.3 is 14.9 Å². The maximum absolute atomic E-state index is 12.8. The lowest BCUT2D eigenvalue weighted by molar-refractivity contribution is -0.152. The van der Waals surface area contributed by atoms with E-state index in [0.29, 0.717) is 25.6 Å². The van der Waals surface area contributed by atoms with Crippen molar-refractivity contribution in [2.45, 2.75) is 51.7 Å². The molecule has 1 fully saturated rings. The highest BCUT2D eigenvalue weighted by Crippen LogP contribution is 2.30. The second kappa shape index (κ2) is 8.83. The lowest BCUT2D eigenvalue weighted by Crippen LogP contribution is -2.37. The molecule has 28 heavy (non-hydrogen) atoms. The SMILES string of the molecule is CC(C)(C)OC(=O)ON1CCC(c2nc(CNc3ccc(F)nc3)cs2)CC1. The number of nitrogens with zero attached hydrogens (tertiary/aromatic N) is 3. The van der Waals surface area contributed by atoms with Crippen molar-refractivity contribution in [1.29, 1.82) is 0 Å². The molecule has 0 aromatic carbocycles. The van der Waals surface area contributed by atoms with Crippen LogP contribution < -0.4 is 5.32 Å². The quantitative estimate of drug-likeness (QED) is 0.583. The molecule has 0 spiro atoms. The molecule has 3 heterocycles. The van der Waals surface area contributed by atoms with Gasteiger partial charge in [-0.05, 0) is 45.7 Å². The van der Waals surface area contributed by atoms with Crippen LogP contribution >= 0.6 is 11.3 Å². The third-order valence-corrected chi connectivity index (χ3v) is 5.22. The van der Waals surface area contributed by atoms with Crippen LogP contribution in [0.4, 0.5) is 14.9 Å². The molecule has 152 valence electrons. The topological polar surface area (TPSA) is 76.6 Å². The van der Waals surface area contributed by atoms with Gasteiger partial charge >= 0.3 is 6.16 Å². The van der Waals surface area contributed by atoms with Crippen LogP contribution in [0.5, 0.6) is 0 Å². The summed E-state index contributed by atoms with van der Waals surface area (Å²) in [6.45, 7) is 7.28. The average molecular weight is 408 g/mol. The number of aromatic nitrogens is 2. The van der Waals surface area contributed by atoms with Crippen molar-refractivity contribution in [3.63, 3.8) is 0 Å². The molecule has 7 nitrogen and oxygen atoms in total. The van der Waals surface area contributed by atoms with Crippen molar-refractivity contribution < 1.29 is 18.8 Å². The molecule has 1 saturated heterocycles. The number of halogens is 1. The number of piperidine rings is 1. The van der Waals surface area contributed by atoms with Gasteiger partial charge in [-0.3, -0.25) is 0 Å². The summed E-state index contributed by atoms with van der Waals surface area (Å²) < 4.78 is 18.0. The molecular formula is C19H25FN4O3S. The van der Waals surface area contributed by atoms with E-state index in [1.54, 1.807) is 22.5 Å². The molecule has 1 aliphatic heterocycles. The van der Waals surface area contributed by atoms with E-state index >= 15 is 0 Å². The molecule has 0 unspecified atom stereocenters. The van der Waals surface area contributed by atoms with Gasteiger partial charge in [0, 0.05) is 24.4 Å². The molecule has 0 atom stereocenters. The zero-order chi connectivity index (χ0) is 20.1. The number of rotatable bonds is 5. The third-order valence-electron chi connectivity index (χ3n) is 4.17. The second-order valence-electron chi connectivity index (χ2n) is 7.66. The summed E-state index contributed by atoms with van der Waals surface area (Å²) in [6, 6.07) is 2.97. The Morgan fingerprint density at radius 3 is 2.75 bits per heavy atom. The maximum Gasteiger partial charge on any atom is 0.528 e. The van der Waals surface area contributed by atoms with E-state index in [9.17, 15) is 9.18 Å². The van der Waals surface area contributed by atoms with E-state index in [1.165, 1.54) is 12.3 Å². The number of nitrogens with one attached hydrogen (secondary N) is 1. The first-order valence-corrected chi connectivity index (χ1v) is 10.1. The Hall–Kier alpha value is -2.26. The largest absolute Gasteiger partial charge is 0.528 e. The molecule has 2 aromatic rings. The zero-order valence-corrected chi connectivity index (χ0v) is 17.1. The maximum atomic E-state index is 12.8. The molecule has 0 radical (unpaired) electrons. The number of anilines is 1. The number of carbonyl (C=O) groups excluding carboxylic acids is 1. The van der Waals surface area contributed by atoms with E-state index in [-0.39, 0.29) is 0 Å². The third kappa shape index (κ3) is 6.13. The normalized spacial score (nSPS) is 16.0.